The molecule has 2 unspecified atom stereocenters. The molecule has 11 nitrogen and oxygen atoms in total. The Labute approximate surface area is 222 Å². The number of amides is 5. The van der Waals surface area contributed by atoms with Crippen LogP contribution >= 0.6 is 0 Å². The van der Waals surface area contributed by atoms with E-state index < -0.39 is 35.8 Å². The number of nitrogens with one attached hydrogen (secondary N) is 6. The maximum Gasteiger partial charge on any atom is 0.243 e. The normalized spacial score (nSPS) is 23.4. The van der Waals surface area contributed by atoms with Crippen molar-refractivity contribution in [2.45, 2.75) is 71.0 Å². The Morgan fingerprint density at radius 2 is 1.58 bits per heavy atom. The number of para-hydroxylation sites is 1. The molecule has 1 aliphatic rings. The van der Waals surface area contributed by atoms with E-state index in [1.54, 1.807) is 6.20 Å². The molecule has 0 spiro atoms. The van der Waals surface area contributed by atoms with E-state index in [-0.39, 0.29) is 43.5 Å². The molecule has 206 valence electrons. The summed E-state index contributed by atoms with van der Waals surface area (Å²) in [5.41, 5.74) is 1.73. The maximum atomic E-state index is 13.5. The molecule has 2 aromatic rings. The first kappa shape index (κ1) is 28.7. The Hall–Kier alpha value is -3.89. The van der Waals surface area contributed by atoms with Crippen molar-refractivity contribution >= 4 is 40.4 Å². The Morgan fingerprint density at radius 3 is 2.34 bits per heavy atom. The molecule has 3 rings (SSSR count). The molecule has 5 amide bonds. The second-order valence-corrected chi connectivity index (χ2v) is 9.99. The largest absolute Gasteiger partial charge is 0.361 e. The summed E-state index contributed by atoms with van der Waals surface area (Å²) in [4.78, 5) is 66.9. The van der Waals surface area contributed by atoms with E-state index in [0.717, 1.165) is 16.5 Å². The average Bonchev–Trinajstić information content (AvgIpc) is 3.28. The van der Waals surface area contributed by atoms with Crippen molar-refractivity contribution < 1.29 is 24.0 Å². The van der Waals surface area contributed by atoms with Gasteiger partial charge in [0, 0.05) is 49.5 Å². The molecule has 0 saturated carbocycles. The van der Waals surface area contributed by atoms with Crippen LogP contribution in [0.5, 0.6) is 0 Å². The SMILES string of the molecule is CC(C)C1NC(=O)C(Cc2c[nH]c3ccccc23)NC(=O)[C@H](C)NC(=O)CCNC(=O)CCCCNC1=O. The number of benzene rings is 1. The molecule has 1 aliphatic heterocycles. The number of aromatic nitrogens is 1. The van der Waals surface area contributed by atoms with Crippen LogP contribution in [0.3, 0.4) is 0 Å². The van der Waals surface area contributed by atoms with Crippen LogP contribution in [0.4, 0.5) is 0 Å². The lowest BCUT2D eigenvalue weighted by molar-refractivity contribution is -0.134. The lowest BCUT2D eigenvalue weighted by Gasteiger charge is -2.26. The van der Waals surface area contributed by atoms with Crippen LogP contribution in [0, 0.1) is 5.92 Å². The Kier molecular flexibility index (Phi) is 10.3. The highest BCUT2D eigenvalue weighted by atomic mass is 16.2. The van der Waals surface area contributed by atoms with Crippen LogP contribution < -0.4 is 26.6 Å². The third-order valence-electron chi connectivity index (χ3n) is 6.55. The summed E-state index contributed by atoms with van der Waals surface area (Å²) in [5.74, 6) is -2.14. The van der Waals surface area contributed by atoms with E-state index >= 15 is 0 Å². The quantitative estimate of drug-likeness (QED) is 0.346. The van der Waals surface area contributed by atoms with Crippen LogP contribution in [0.15, 0.2) is 30.5 Å². The molecule has 0 radical (unpaired) electrons. The van der Waals surface area contributed by atoms with Gasteiger partial charge in [0.05, 0.1) is 0 Å². The molecular weight excluding hydrogens is 488 g/mol. The second-order valence-electron chi connectivity index (χ2n) is 9.99. The fourth-order valence-electron chi connectivity index (χ4n) is 4.33. The van der Waals surface area contributed by atoms with Crippen molar-refractivity contribution in [3.05, 3.63) is 36.0 Å². The van der Waals surface area contributed by atoms with Crippen molar-refractivity contribution in [2.75, 3.05) is 13.1 Å². The van der Waals surface area contributed by atoms with Crippen LogP contribution in [0.25, 0.3) is 10.9 Å². The van der Waals surface area contributed by atoms with Gasteiger partial charge in [-0.15, -0.1) is 0 Å². The van der Waals surface area contributed by atoms with Gasteiger partial charge >= 0.3 is 0 Å². The summed E-state index contributed by atoms with van der Waals surface area (Å²) in [6, 6.07) is 4.92. The smallest absolute Gasteiger partial charge is 0.243 e. The number of H-pyrrole nitrogens is 1. The molecule has 1 saturated heterocycles. The van der Waals surface area contributed by atoms with E-state index in [9.17, 15) is 24.0 Å². The lowest BCUT2D eigenvalue weighted by Crippen LogP contribution is -2.58. The number of hydrogen-bond donors (Lipinski definition) is 6. The second kappa shape index (κ2) is 13.6. The van der Waals surface area contributed by atoms with Gasteiger partial charge in [0.2, 0.25) is 29.5 Å². The number of fused-ring (bicyclic) bond motifs is 1. The van der Waals surface area contributed by atoms with Crippen molar-refractivity contribution in [3.8, 4) is 0 Å². The van der Waals surface area contributed by atoms with Gasteiger partial charge in [-0.05, 0) is 37.3 Å². The Morgan fingerprint density at radius 1 is 0.816 bits per heavy atom. The summed E-state index contributed by atoms with van der Waals surface area (Å²) in [5, 5.41) is 14.6. The monoisotopic (exact) mass is 526 g/mol. The highest BCUT2D eigenvalue weighted by Gasteiger charge is 2.30. The van der Waals surface area contributed by atoms with Crippen molar-refractivity contribution in [1.29, 1.82) is 0 Å². The minimum Gasteiger partial charge on any atom is -0.361 e. The highest BCUT2D eigenvalue weighted by Crippen LogP contribution is 2.19. The molecule has 6 N–H and O–H groups in total. The standard InChI is InChI=1S/C27H38N6O5/c1-16(2)24-27(38)29-12-7-6-10-22(34)28-13-11-23(35)31-17(3)25(36)32-21(26(37)33-24)14-18-15-30-20-9-5-4-8-19(18)20/h4-5,8-9,15-17,21,24,30H,6-7,10-14H2,1-3H3,(H,28,34)(H,29,38)(H,31,35)(H,32,36)(H,33,37)/t17-,21?,24?/m0/s1. The van der Waals surface area contributed by atoms with Gasteiger partial charge in [0.15, 0.2) is 0 Å². The number of carbonyl (C=O) groups is 5. The van der Waals surface area contributed by atoms with Crippen molar-refractivity contribution in [3.63, 3.8) is 0 Å². The van der Waals surface area contributed by atoms with Gasteiger partial charge in [-0.25, -0.2) is 0 Å². The average molecular weight is 527 g/mol. The fourth-order valence-corrected chi connectivity index (χ4v) is 4.33. The number of aromatic amines is 1. The molecule has 0 aliphatic carbocycles. The molecule has 11 heteroatoms. The van der Waals surface area contributed by atoms with Gasteiger partial charge in [-0.1, -0.05) is 32.0 Å². The number of hydrogen-bond acceptors (Lipinski definition) is 5. The Bertz CT molecular complexity index is 1160. The topological polar surface area (TPSA) is 161 Å². The zero-order valence-corrected chi connectivity index (χ0v) is 22.2. The fraction of sp³-hybridized carbons (Fsp3) is 0.519. The van der Waals surface area contributed by atoms with E-state index in [1.807, 2.05) is 38.1 Å². The molecule has 3 atom stereocenters. The minimum absolute atomic E-state index is 0.0226. The predicted octanol–water partition coefficient (Wildman–Crippen LogP) is 0.647. The molecule has 38 heavy (non-hydrogen) atoms. The van der Waals surface area contributed by atoms with E-state index in [2.05, 4.69) is 31.6 Å². The third-order valence-corrected chi connectivity index (χ3v) is 6.55. The molecule has 1 fully saturated rings. The van der Waals surface area contributed by atoms with E-state index in [0.29, 0.717) is 19.4 Å². The summed E-state index contributed by atoms with van der Waals surface area (Å²) in [6.45, 7) is 5.70. The maximum absolute atomic E-state index is 13.5. The van der Waals surface area contributed by atoms with Gasteiger partial charge in [0.25, 0.3) is 0 Å². The minimum atomic E-state index is -0.989. The van der Waals surface area contributed by atoms with E-state index in [1.165, 1.54) is 6.92 Å². The van der Waals surface area contributed by atoms with Gasteiger partial charge in [-0.2, -0.15) is 0 Å². The predicted molar refractivity (Wildman–Crippen MR) is 143 cm³/mol. The zero-order chi connectivity index (χ0) is 27.7. The van der Waals surface area contributed by atoms with E-state index in [4.69, 9.17) is 0 Å². The molecule has 1 aromatic carbocycles. The zero-order valence-electron chi connectivity index (χ0n) is 22.2. The van der Waals surface area contributed by atoms with Crippen LogP contribution in [0.1, 0.15) is 52.0 Å². The molecule has 2 heterocycles. The molecule has 0 bridgehead atoms. The van der Waals surface area contributed by atoms with Crippen LogP contribution in [-0.2, 0) is 30.4 Å². The van der Waals surface area contributed by atoms with Crippen molar-refractivity contribution in [1.82, 2.24) is 31.6 Å². The number of rotatable bonds is 3. The van der Waals surface area contributed by atoms with Gasteiger partial charge in [0.1, 0.15) is 18.1 Å². The summed E-state index contributed by atoms with van der Waals surface area (Å²) in [7, 11) is 0. The highest BCUT2D eigenvalue weighted by molar-refractivity contribution is 5.95. The number of carbonyl (C=O) groups excluding carboxylic acids is 5. The molecular formula is C27H38N6O5. The summed E-state index contributed by atoms with van der Waals surface area (Å²) >= 11 is 0. The first-order valence-electron chi connectivity index (χ1n) is 13.1. The lowest BCUT2D eigenvalue weighted by atomic mass is 10.0. The first-order valence-corrected chi connectivity index (χ1v) is 13.1. The summed E-state index contributed by atoms with van der Waals surface area (Å²) < 4.78 is 0. The first-order chi connectivity index (χ1) is 18.2. The summed E-state index contributed by atoms with van der Waals surface area (Å²) in [6.07, 6.45) is 3.44. The van der Waals surface area contributed by atoms with Crippen LogP contribution in [0.2, 0.25) is 0 Å². The third kappa shape index (κ3) is 8.06. The van der Waals surface area contributed by atoms with Gasteiger partial charge in [-0.3, -0.25) is 24.0 Å². The van der Waals surface area contributed by atoms with Gasteiger partial charge < -0.3 is 31.6 Å². The van der Waals surface area contributed by atoms with Crippen LogP contribution in [-0.4, -0.2) is 65.7 Å². The Balaban J connectivity index is 1.84. The van der Waals surface area contributed by atoms with Crippen molar-refractivity contribution in [2.24, 2.45) is 5.92 Å². The molecule has 1 aromatic heterocycles.